The zero-order valence-electron chi connectivity index (χ0n) is 7.05. The number of rotatable bonds is 3. The summed E-state index contributed by atoms with van der Waals surface area (Å²) >= 11 is 0. The van der Waals surface area contributed by atoms with Gasteiger partial charge in [0, 0.05) is 17.1 Å². The second-order valence-electron chi connectivity index (χ2n) is 2.62. The van der Waals surface area contributed by atoms with Gasteiger partial charge in [-0.2, -0.15) is 13.2 Å². The van der Waals surface area contributed by atoms with E-state index in [1.165, 1.54) is 0 Å². The van der Waals surface area contributed by atoms with E-state index in [2.05, 4.69) is 15.2 Å². The number of hydrogen-bond donors (Lipinski definition) is 1. The molecule has 0 saturated carbocycles. The molecule has 86 valence electrons. The molecule has 0 aliphatic carbocycles. The van der Waals surface area contributed by atoms with Crippen LogP contribution >= 0.6 is 10.7 Å². The molecule has 0 aromatic carbocycles. The second kappa shape index (κ2) is 3.97. The summed E-state index contributed by atoms with van der Waals surface area (Å²) in [6.45, 7) is 0. The van der Waals surface area contributed by atoms with Gasteiger partial charge >= 0.3 is 6.18 Å². The molecule has 1 rings (SSSR count). The molecule has 10 heteroatoms. The Labute approximate surface area is 87.1 Å². The molecule has 0 atom stereocenters. The summed E-state index contributed by atoms with van der Waals surface area (Å²) in [6, 6.07) is 0. The minimum Gasteiger partial charge on any atom is -0.262 e. The van der Waals surface area contributed by atoms with Gasteiger partial charge in [-0.15, -0.1) is 5.10 Å². The Morgan fingerprint density at radius 3 is 2.40 bits per heavy atom. The van der Waals surface area contributed by atoms with Crippen molar-refractivity contribution < 1.29 is 21.6 Å². The van der Waals surface area contributed by atoms with E-state index in [1.54, 1.807) is 0 Å². The highest BCUT2D eigenvalue weighted by Crippen LogP contribution is 2.21. The molecular formula is C5H5ClF3N3O2S. The summed E-state index contributed by atoms with van der Waals surface area (Å²) in [5.74, 6) is -0.174. The maximum Gasteiger partial charge on any atom is 0.389 e. The number of aryl methyl sites for hydroxylation is 1. The van der Waals surface area contributed by atoms with Crippen LogP contribution in [0.25, 0.3) is 0 Å². The predicted octanol–water partition coefficient (Wildman–Crippen LogP) is 1.23. The maximum atomic E-state index is 11.8. The van der Waals surface area contributed by atoms with Crippen molar-refractivity contribution in [1.82, 2.24) is 15.2 Å². The SMILES string of the molecule is O=S(=O)(Cl)c1n[nH]c(CCC(F)(F)F)n1. The molecule has 15 heavy (non-hydrogen) atoms. The lowest BCUT2D eigenvalue weighted by molar-refractivity contribution is -0.134. The third kappa shape index (κ3) is 4.04. The Hall–Kier alpha value is -0.830. The zero-order chi connectivity index (χ0) is 11.7. The van der Waals surface area contributed by atoms with Gasteiger partial charge in [-0.25, -0.2) is 13.4 Å². The molecule has 0 saturated heterocycles. The first-order valence-electron chi connectivity index (χ1n) is 3.61. The van der Waals surface area contributed by atoms with Crippen molar-refractivity contribution in [2.75, 3.05) is 0 Å². The molecule has 0 radical (unpaired) electrons. The van der Waals surface area contributed by atoms with Crippen LogP contribution in [0.1, 0.15) is 12.2 Å². The monoisotopic (exact) mass is 263 g/mol. The number of aromatic nitrogens is 3. The first kappa shape index (κ1) is 12.2. The van der Waals surface area contributed by atoms with Crippen molar-refractivity contribution in [3.63, 3.8) is 0 Å². The Bertz CT molecular complexity index is 441. The van der Waals surface area contributed by atoms with Crippen molar-refractivity contribution in [3.05, 3.63) is 5.82 Å². The standard InChI is InChI=1S/C5H5ClF3N3O2S/c6-15(13,14)4-10-3(11-12-4)1-2-5(7,8)9/h1-2H2,(H,10,11,12). The van der Waals surface area contributed by atoms with Crippen LogP contribution < -0.4 is 0 Å². The summed E-state index contributed by atoms with van der Waals surface area (Å²) in [6.07, 6.45) is -5.90. The number of nitrogens with zero attached hydrogens (tertiary/aromatic N) is 2. The van der Waals surface area contributed by atoms with E-state index < -0.39 is 33.2 Å². The number of nitrogens with one attached hydrogen (secondary N) is 1. The van der Waals surface area contributed by atoms with Crippen LogP contribution in [0.2, 0.25) is 0 Å². The summed E-state index contributed by atoms with van der Waals surface area (Å²) in [4.78, 5) is 3.30. The van der Waals surface area contributed by atoms with Gasteiger partial charge in [0.25, 0.3) is 14.2 Å². The van der Waals surface area contributed by atoms with Crippen LogP contribution in [0.15, 0.2) is 5.16 Å². The minimum absolute atomic E-state index is 0.174. The van der Waals surface area contributed by atoms with Gasteiger partial charge in [0.1, 0.15) is 5.82 Å². The number of halogens is 4. The smallest absolute Gasteiger partial charge is 0.262 e. The Morgan fingerprint density at radius 1 is 1.40 bits per heavy atom. The highest BCUT2D eigenvalue weighted by molar-refractivity contribution is 8.13. The van der Waals surface area contributed by atoms with Crippen LogP contribution in [0.3, 0.4) is 0 Å². The normalized spacial score (nSPS) is 13.1. The maximum absolute atomic E-state index is 11.8. The van der Waals surface area contributed by atoms with Crippen LogP contribution in [0.5, 0.6) is 0 Å². The molecule has 1 aromatic rings. The van der Waals surface area contributed by atoms with Crippen molar-refractivity contribution in [3.8, 4) is 0 Å². The summed E-state index contributed by atoms with van der Waals surface area (Å²) in [7, 11) is 0.769. The quantitative estimate of drug-likeness (QED) is 0.832. The average Bonchev–Trinajstić information content (AvgIpc) is 2.45. The molecule has 1 aromatic heterocycles. The average molecular weight is 264 g/mol. The Balaban J connectivity index is 2.70. The van der Waals surface area contributed by atoms with Crippen LogP contribution in [0, 0.1) is 0 Å². The lowest BCUT2D eigenvalue weighted by Gasteiger charge is -2.02. The van der Waals surface area contributed by atoms with E-state index in [0.29, 0.717) is 0 Å². The molecule has 0 unspecified atom stereocenters. The minimum atomic E-state index is -4.33. The van der Waals surface area contributed by atoms with Crippen molar-refractivity contribution in [2.24, 2.45) is 0 Å². The number of aromatic amines is 1. The van der Waals surface area contributed by atoms with E-state index >= 15 is 0 Å². The Kier molecular flexibility index (Phi) is 3.24. The molecular weight excluding hydrogens is 259 g/mol. The molecule has 0 bridgehead atoms. The number of hydrogen-bond acceptors (Lipinski definition) is 4. The molecule has 1 heterocycles. The fraction of sp³-hybridized carbons (Fsp3) is 0.600. The first-order valence-corrected chi connectivity index (χ1v) is 5.92. The van der Waals surface area contributed by atoms with E-state index in [9.17, 15) is 21.6 Å². The van der Waals surface area contributed by atoms with Crippen molar-refractivity contribution in [1.29, 1.82) is 0 Å². The molecule has 0 spiro atoms. The summed E-state index contributed by atoms with van der Waals surface area (Å²) in [5, 5.41) is 4.50. The highest BCUT2D eigenvalue weighted by Gasteiger charge is 2.27. The van der Waals surface area contributed by atoms with E-state index in [-0.39, 0.29) is 5.82 Å². The molecule has 0 aliphatic rings. The highest BCUT2D eigenvalue weighted by atomic mass is 35.7. The summed E-state index contributed by atoms with van der Waals surface area (Å²) in [5.41, 5.74) is 0. The fourth-order valence-corrected chi connectivity index (χ4v) is 1.34. The molecule has 5 nitrogen and oxygen atoms in total. The lowest BCUT2D eigenvalue weighted by Crippen LogP contribution is -2.09. The third-order valence-corrected chi connectivity index (χ3v) is 2.41. The molecule has 0 fully saturated rings. The van der Waals surface area contributed by atoms with Crippen molar-refractivity contribution >= 4 is 19.7 Å². The molecule has 0 amide bonds. The van der Waals surface area contributed by atoms with Gasteiger partial charge < -0.3 is 0 Å². The van der Waals surface area contributed by atoms with Crippen LogP contribution in [-0.2, 0) is 15.5 Å². The third-order valence-electron chi connectivity index (χ3n) is 1.37. The molecule has 1 N–H and O–H groups in total. The topological polar surface area (TPSA) is 75.7 Å². The Morgan fingerprint density at radius 2 is 2.00 bits per heavy atom. The van der Waals surface area contributed by atoms with E-state index in [4.69, 9.17) is 10.7 Å². The number of alkyl halides is 3. The van der Waals surface area contributed by atoms with Gasteiger partial charge in [0.2, 0.25) is 0 Å². The van der Waals surface area contributed by atoms with Gasteiger partial charge in [-0.3, -0.25) is 5.10 Å². The first-order chi connectivity index (χ1) is 6.68. The summed E-state index contributed by atoms with van der Waals surface area (Å²) < 4.78 is 56.6. The van der Waals surface area contributed by atoms with Gasteiger partial charge in [0.05, 0.1) is 6.42 Å². The fourth-order valence-electron chi connectivity index (χ4n) is 0.759. The van der Waals surface area contributed by atoms with Crippen molar-refractivity contribution in [2.45, 2.75) is 24.2 Å². The van der Waals surface area contributed by atoms with Crippen LogP contribution in [-0.4, -0.2) is 29.8 Å². The van der Waals surface area contributed by atoms with E-state index in [1.807, 2.05) is 0 Å². The largest absolute Gasteiger partial charge is 0.389 e. The second-order valence-corrected chi connectivity index (χ2v) is 5.08. The van der Waals surface area contributed by atoms with E-state index in [0.717, 1.165) is 0 Å². The van der Waals surface area contributed by atoms with Gasteiger partial charge in [-0.1, -0.05) is 0 Å². The predicted molar refractivity (Wildman–Crippen MR) is 43.8 cm³/mol. The van der Waals surface area contributed by atoms with Crippen LogP contribution in [0.4, 0.5) is 13.2 Å². The lowest BCUT2D eigenvalue weighted by atomic mass is 10.3. The van der Waals surface area contributed by atoms with Gasteiger partial charge in [-0.05, 0) is 0 Å². The molecule has 0 aliphatic heterocycles. The number of H-pyrrole nitrogens is 1. The van der Waals surface area contributed by atoms with Gasteiger partial charge in [0.15, 0.2) is 0 Å². The zero-order valence-corrected chi connectivity index (χ0v) is 8.62.